The lowest BCUT2D eigenvalue weighted by Crippen LogP contribution is -2.44. The van der Waals surface area contributed by atoms with Crippen LogP contribution >= 0.6 is 0 Å². The van der Waals surface area contributed by atoms with Crippen LogP contribution < -0.4 is 15.0 Å². The van der Waals surface area contributed by atoms with Gasteiger partial charge in [0.2, 0.25) is 0 Å². The molecule has 0 unspecified atom stereocenters. The van der Waals surface area contributed by atoms with Gasteiger partial charge in [-0.3, -0.25) is 9.69 Å². The number of hydrogen-bond acceptors (Lipinski definition) is 5. The van der Waals surface area contributed by atoms with E-state index in [2.05, 4.69) is 40.4 Å². The van der Waals surface area contributed by atoms with Crippen molar-refractivity contribution in [3.8, 4) is 5.75 Å². The number of amides is 1. The Balaban J connectivity index is 1.53. The van der Waals surface area contributed by atoms with Crippen LogP contribution in [0.4, 0.5) is 5.69 Å². The summed E-state index contributed by atoms with van der Waals surface area (Å²) >= 11 is 0. The van der Waals surface area contributed by atoms with Gasteiger partial charge in [-0.2, -0.15) is 0 Å². The molecule has 2 heterocycles. The van der Waals surface area contributed by atoms with E-state index < -0.39 is 0 Å². The number of carbonyl (C=O) groups excluding carboxylic acids is 1. The molecule has 0 radical (unpaired) electrons. The molecule has 1 fully saturated rings. The molecule has 0 spiro atoms. The van der Waals surface area contributed by atoms with Crippen molar-refractivity contribution in [1.29, 1.82) is 0 Å². The summed E-state index contributed by atoms with van der Waals surface area (Å²) in [4.78, 5) is 17.5. The number of anilines is 1. The number of nitrogens with one attached hydrogen (secondary N) is 1. The first-order valence-electron chi connectivity index (χ1n) is 10.7. The van der Waals surface area contributed by atoms with Crippen molar-refractivity contribution < 1.29 is 14.3 Å². The Morgan fingerprint density at radius 1 is 1.17 bits per heavy atom. The van der Waals surface area contributed by atoms with Crippen LogP contribution in [-0.4, -0.2) is 64.4 Å². The quantitative estimate of drug-likeness (QED) is 0.795. The van der Waals surface area contributed by atoms with E-state index in [1.807, 2.05) is 18.2 Å². The molecule has 6 heteroatoms. The zero-order valence-corrected chi connectivity index (χ0v) is 17.9. The fourth-order valence-electron chi connectivity index (χ4n) is 4.42. The first kappa shape index (κ1) is 20.7. The first-order chi connectivity index (χ1) is 14.7. The lowest BCUT2D eigenvalue weighted by Gasteiger charge is -2.36. The van der Waals surface area contributed by atoms with Crippen LogP contribution in [0.25, 0.3) is 0 Å². The molecule has 0 aromatic heterocycles. The van der Waals surface area contributed by atoms with Crippen molar-refractivity contribution in [1.82, 2.24) is 10.2 Å². The monoisotopic (exact) mass is 409 g/mol. The van der Waals surface area contributed by atoms with Gasteiger partial charge >= 0.3 is 0 Å². The molecule has 0 saturated carbocycles. The van der Waals surface area contributed by atoms with Crippen molar-refractivity contribution in [3.63, 3.8) is 0 Å². The third-order valence-electron chi connectivity index (χ3n) is 6.11. The number of ether oxygens (including phenoxy) is 2. The number of morpholine rings is 1. The summed E-state index contributed by atoms with van der Waals surface area (Å²) in [5.74, 6) is 0.607. The fraction of sp³-hybridized carbons (Fsp3) is 0.458. The number of aryl methyl sites for hydroxylation is 1. The summed E-state index contributed by atoms with van der Waals surface area (Å²) in [6, 6.07) is 14.2. The van der Waals surface area contributed by atoms with E-state index in [0.717, 1.165) is 39.3 Å². The Hall–Kier alpha value is -2.57. The van der Waals surface area contributed by atoms with E-state index in [0.29, 0.717) is 17.9 Å². The maximum atomic E-state index is 12.8. The number of benzene rings is 2. The molecule has 1 amide bonds. The van der Waals surface area contributed by atoms with Gasteiger partial charge in [-0.1, -0.05) is 18.2 Å². The lowest BCUT2D eigenvalue weighted by molar-refractivity contribution is 0.0162. The number of carbonyl (C=O) groups is 1. The van der Waals surface area contributed by atoms with Crippen LogP contribution in [0.1, 0.15) is 33.9 Å². The average Bonchev–Trinajstić information content (AvgIpc) is 2.80. The highest BCUT2D eigenvalue weighted by Crippen LogP contribution is 2.31. The molecule has 2 aliphatic rings. The van der Waals surface area contributed by atoms with Crippen molar-refractivity contribution in [2.24, 2.45) is 0 Å². The number of rotatable bonds is 6. The Morgan fingerprint density at radius 3 is 2.80 bits per heavy atom. The minimum absolute atomic E-state index is 0.0788. The zero-order chi connectivity index (χ0) is 20.9. The SMILES string of the molecule is COc1cccc(C(=O)NC[C@H](c2ccc3c(c2)CCCN3C)N2CCOCC2)c1. The van der Waals surface area contributed by atoms with Gasteiger partial charge in [0.25, 0.3) is 5.91 Å². The smallest absolute Gasteiger partial charge is 0.251 e. The maximum absolute atomic E-state index is 12.8. The Labute approximate surface area is 178 Å². The van der Waals surface area contributed by atoms with E-state index in [-0.39, 0.29) is 11.9 Å². The van der Waals surface area contributed by atoms with Crippen molar-refractivity contribution >= 4 is 11.6 Å². The normalized spacial score (nSPS) is 17.9. The average molecular weight is 410 g/mol. The summed E-state index contributed by atoms with van der Waals surface area (Å²) in [5.41, 5.74) is 4.60. The second kappa shape index (κ2) is 9.49. The fourth-order valence-corrected chi connectivity index (χ4v) is 4.42. The largest absolute Gasteiger partial charge is 0.497 e. The van der Waals surface area contributed by atoms with Crippen LogP contribution in [-0.2, 0) is 11.2 Å². The minimum Gasteiger partial charge on any atom is -0.497 e. The number of hydrogen-bond donors (Lipinski definition) is 1. The highest BCUT2D eigenvalue weighted by atomic mass is 16.5. The molecule has 160 valence electrons. The van der Waals surface area contributed by atoms with Gasteiger partial charge in [0.15, 0.2) is 0 Å². The summed E-state index contributed by atoms with van der Waals surface area (Å²) in [6.45, 7) is 4.87. The summed E-state index contributed by atoms with van der Waals surface area (Å²) < 4.78 is 10.8. The van der Waals surface area contributed by atoms with E-state index in [1.54, 1.807) is 13.2 Å². The van der Waals surface area contributed by atoms with Gasteiger partial charge in [0, 0.05) is 44.5 Å². The standard InChI is InChI=1S/C24H31N3O3/c1-26-10-4-6-18-15-19(8-9-22(18)26)23(27-11-13-30-14-12-27)17-25-24(28)20-5-3-7-21(16-20)29-2/h3,5,7-9,15-16,23H,4,6,10-14,17H2,1-2H3,(H,25,28)/t23-/m1/s1. The Bertz CT molecular complexity index is 880. The highest BCUT2D eigenvalue weighted by Gasteiger charge is 2.25. The topological polar surface area (TPSA) is 54.0 Å². The van der Waals surface area contributed by atoms with Crippen LogP contribution in [0.2, 0.25) is 0 Å². The molecule has 0 bridgehead atoms. The van der Waals surface area contributed by atoms with Crippen molar-refractivity contribution in [3.05, 3.63) is 59.2 Å². The molecule has 1 atom stereocenters. The van der Waals surface area contributed by atoms with E-state index in [1.165, 1.54) is 23.2 Å². The molecule has 1 N–H and O–H groups in total. The second-order valence-electron chi connectivity index (χ2n) is 8.02. The van der Waals surface area contributed by atoms with Gasteiger partial charge in [-0.25, -0.2) is 0 Å². The van der Waals surface area contributed by atoms with Gasteiger partial charge in [0.1, 0.15) is 5.75 Å². The van der Waals surface area contributed by atoms with Gasteiger partial charge in [-0.05, 0) is 48.2 Å². The molecule has 6 nitrogen and oxygen atoms in total. The highest BCUT2D eigenvalue weighted by molar-refractivity contribution is 5.94. The zero-order valence-electron chi connectivity index (χ0n) is 17.9. The van der Waals surface area contributed by atoms with Crippen molar-refractivity contribution in [2.75, 3.05) is 58.5 Å². The van der Waals surface area contributed by atoms with Gasteiger partial charge in [0.05, 0.1) is 26.4 Å². The van der Waals surface area contributed by atoms with Crippen LogP contribution in [0, 0.1) is 0 Å². The third-order valence-corrected chi connectivity index (χ3v) is 6.11. The maximum Gasteiger partial charge on any atom is 0.251 e. The molecule has 2 aromatic rings. The molecule has 1 saturated heterocycles. The van der Waals surface area contributed by atoms with E-state index in [4.69, 9.17) is 9.47 Å². The molecular formula is C24H31N3O3. The summed E-state index contributed by atoms with van der Waals surface area (Å²) in [7, 11) is 3.77. The van der Waals surface area contributed by atoms with E-state index >= 15 is 0 Å². The number of nitrogens with zero attached hydrogens (tertiary/aromatic N) is 2. The third kappa shape index (κ3) is 4.60. The van der Waals surface area contributed by atoms with Crippen LogP contribution in [0.3, 0.4) is 0 Å². The number of fused-ring (bicyclic) bond motifs is 1. The molecular weight excluding hydrogens is 378 g/mol. The van der Waals surface area contributed by atoms with Gasteiger partial charge < -0.3 is 19.7 Å². The van der Waals surface area contributed by atoms with Crippen LogP contribution in [0.5, 0.6) is 5.75 Å². The predicted molar refractivity (Wildman–Crippen MR) is 118 cm³/mol. The number of methoxy groups -OCH3 is 1. The summed E-state index contributed by atoms with van der Waals surface area (Å²) in [5, 5.41) is 3.15. The molecule has 30 heavy (non-hydrogen) atoms. The second-order valence-corrected chi connectivity index (χ2v) is 8.02. The molecule has 2 aliphatic heterocycles. The van der Waals surface area contributed by atoms with Gasteiger partial charge in [-0.15, -0.1) is 0 Å². The van der Waals surface area contributed by atoms with Crippen LogP contribution in [0.15, 0.2) is 42.5 Å². The predicted octanol–water partition coefficient (Wildman–Crippen LogP) is 2.88. The molecule has 4 rings (SSSR count). The molecule has 2 aromatic carbocycles. The summed E-state index contributed by atoms with van der Waals surface area (Å²) in [6.07, 6.45) is 2.29. The van der Waals surface area contributed by atoms with E-state index in [9.17, 15) is 4.79 Å². The minimum atomic E-state index is -0.0788. The van der Waals surface area contributed by atoms with Crippen molar-refractivity contribution in [2.45, 2.75) is 18.9 Å². The lowest BCUT2D eigenvalue weighted by atomic mass is 9.95. The molecule has 0 aliphatic carbocycles. The first-order valence-corrected chi connectivity index (χ1v) is 10.7. The Kier molecular flexibility index (Phi) is 6.55. The Morgan fingerprint density at radius 2 is 2.00 bits per heavy atom.